The fourth-order valence-corrected chi connectivity index (χ4v) is 4.24. The molecule has 2 aromatic rings. The number of hydrogen-bond acceptors (Lipinski definition) is 5. The molecule has 8 heteroatoms. The molecule has 1 amide bonds. The molecule has 0 saturated heterocycles. The van der Waals surface area contributed by atoms with E-state index in [1.165, 1.54) is 0 Å². The molecule has 0 radical (unpaired) electrons. The third kappa shape index (κ3) is 4.00. The van der Waals surface area contributed by atoms with Crippen LogP contribution in [-0.4, -0.2) is 29.6 Å². The molecule has 1 heterocycles. The second-order valence-electron chi connectivity index (χ2n) is 5.35. The van der Waals surface area contributed by atoms with Gasteiger partial charge in [0, 0.05) is 13.0 Å². The first kappa shape index (κ1) is 19.8. The summed E-state index contributed by atoms with van der Waals surface area (Å²) in [6, 6.07) is 3.74. The van der Waals surface area contributed by atoms with Crippen molar-refractivity contribution in [2.75, 3.05) is 0 Å². The average molecular weight is 352 g/mol. The standard InChI is InChI=1S/C15H21N3O2S.CH3NO/c1-6-13-16-15(17-18(13)7-2)21(19,20)14-11(4)8-10(3)9-12(14)5;2-1-3/h8-9H,6-7H2,1-5H3;1H,(H2,2,3). The van der Waals surface area contributed by atoms with Gasteiger partial charge in [-0.15, -0.1) is 5.10 Å². The minimum Gasteiger partial charge on any atom is -0.372 e. The Bertz CT molecular complexity index is 781. The van der Waals surface area contributed by atoms with Gasteiger partial charge in [0.1, 0.15) is 5.82 Å². The highest BCUT2D eigenvalue weighted by atomic mass is 32.2. The van der Waals surface area contributed by atoms with E-state index in [2.05, 4.69) is 15.8 Å². The summed E-state index contributed by atoms with van der Waals surface area (Å²) in [4.78, 5) is 13.1. The molecule has 7 nitrogen and oxygen atoms in total. The van der Waals surface area contributed by atoms with Gasteiger partial charge in [0.05, 0.1) is 4.90 Å². The van der Waals surface area contributed by atoms with Gasteiger partial charge in [0.15, 0.2) is 0 Å². The summed E-state index contributed by atoms with van der Waals surface area (Å²) in [6.45, 7) is 10.0. The third-order valence-electron chi connectivity index (χ3n) is 3.46. The Morgan fingerprint density at radius 1 is 1.17 bits per heavy atom. The minimum absolute atomic E-state index is 0.101. The van der Waals surface area contributed by atoms with Crippen LogP contribution in [0.5, 0.6) is 0 Å². The summed E-state index contributed by atoms with van der Waals surface area (Å²) < 4.78 is 27.3. The number of benzene rings is 1. The van der Waals surface area contributed by atoms with E-state index in [1.807, 2.05) is 46.8 Å². The highest BCUT2D eigenvalue weighted by molar-refractivity contribution is 7.91. The van der Waals surface area contributed by atoms with Crippen molar-refractivity contribution in [3.05, 3.63) is 34.6 Å². The summed E-state index contributed by atoms with van der Waals surface area (Å²) in [6.07, 6.45) is 0.905. The fourth-order valence-electron chi connectivity index (χ4n) is 2.66. The highest BCUT2D eigenvalue weighted by Crippen LogP contribution is 2.26. The maximum absolute atomic E-state index is 12.8. The first-order valence-corrected chi connectivity index (χ1v) is 9.13. The van der Waals surface area contributed by atoms with Crippen molar-refractivity contribution in [2.24, 2.45) is 5.73 Å². The number of carbonyl (C=O) groups is 1. The predicted octanol–water partition coefficient (Wildman–Crippen LogP) is 1.72. The van der Waals surface area contributed by atoms with Gasteiger partial charge in [-0.3, -0.25) is 4.79 Å². The lowest BCUT2D eigenvalue weighted by Gasteiger charge is -2.09. The van der Waals surface area contributed by atoms with Crippen molar-refractivity contribution in [2.45, 2.75) is 57.6 Å². The maximum atomic E-state index is 12.8. The highest BCUT2D eigenvalue weighted by Gasteiger charge is 2.27. The smallest absolute Gasteiger partial charge is 0.271 e. The minimum atomic E-state index is -3.68. The average Bonchev–Trinajstić information content (AvgIpc) is 2.90. The first-order valence-electron chi connectivity index (χ1n) is 7.64. The number of aromatic nitrogens is 3. The van der Waals surface area contributed by atoms with Gasteiger partial charge >= 0.3 is 0 Å². The van der Waals surface area contributed by atoms with E-state index in [-0.39, 0.29) is 11.6 Å². The van der Waals surface area contributed by atoms with Crippen LogP contribution in [0.3, 0.4) is 0 Å². The molecule has 2 rings (SSSR count). The van der Waals surface area contributed by atoms with Crippen LogP contribution < -0.4 is 5.73 Å². The summed E-state index contributed by atoms with van der Waals surface area (Å²) >= 11 is 0. The second-order valence-corrected chi connectivity index (χ2v) is 7.13. The first-order chi connectivity index (χ1) is 11.2. The topological polar surface area (TPSA) is 108 Å². The zero-order valence-corrected chi connectivity index (χ0v) is 15.5. The molecule has 1 aromatic heterocycles. The van der Waals surface area contributed by atoms with E-state index in [0.29, 0.717) is 23.7 Å². The van der Waals surface area contributed by atoms with E-state index in [0.717, 1.165) is 16.7 Å². The lowest BCUT2D eigenvalue weighted by atomic mass is 10.1. The Balaban J connectivity index is 0.000000891. The van der Waals surface area contributed by atoms with Crippen LogP contribution in [0.25, 0.3) is 0 Å². The van der Waals surface area contributed by atoms with Crippen molar-refractivity contribution in [1.82, 2.24) is 14.8 Å². The Labute approximate surface area is 142 Å². The molecule has 0 saturated carbocycles. The molecule has 0 aliphatic carbocycles. The van der Waals surface area contributed by atoms with Crippen LogP contribution in [0.15, 0.2) is 22.2 Å². The normalized spacial score (nSPS) is 10.9. The van der Waals surface area contributed by atoms with Gasteiger partial charge in [-0.1, -0.05) is 24.6 Å². The Morgan fingerprint density at radius 3 is 2.04 bits per heavy atom. The summed E-state index contributed by atoms with van der Waals surface area (Å²) in [5.41, 5.74) is 6.68. The van der Waals surface area contributed by atoms with E-state index in [9.17, 15) is 8.42 Å². The Kier molecular flexibility index (Phi) is 6.65. The zero-order valence-electron chi connectivity index (χ0n) is 14.7. The SMILES string of the molecule is CCc1nc(S(=O)(=O)c2c(C)cc(C)cc2C)nn1CC.NC=O. The third-order valence-corrected chi connectivity index (χ3v) is 5.29. The number of nitrogens with zero attached hydrogens (tertiary/aromatic N) is 3. The van der Waals surface area contributed by atoms with E-state index < -0.39 is 9.84 Å². The number of nitrogens with two attached hydrogens (primary N) is 1. The van der Waals surface area contributed by atoms with Gasteiger partial charge < -0.3 is 5.73 Å². The van der Waals surface area contributed by atoms with Crippen molar-refractivity contribution < 1.29 is 13.2 Å². The van der Waals surface area contributed by atoms with Crippen molar-refractivity contribution in [3.63, 3.8) is 0 Å². The predicted molar refractivity (Wildman–Crippen MR) is 91.4 cm³/mol. The zero-order chi connectivity index (χ0) is 18.5. The number of sulfone groups is 1. The van der Waals surface area contributed by atoms with Crippen LogP contribution in [0.2, 0.25) is 0 Å². The fraction of sp³-hybridized carbons (Fsp3) is 0.438. The van der Waals surface area contributed by atoms with Gasteiger partial charge in [0.25, 0.3) is 5.16 Å². The van der Waals surface area contributed by atoms with Crippen LogP contribution >= 0.6 is 0 Å². The molecule has 0 aliphatic rings. The largest absolute Gasteiger partial charge is 0.372 e. The van der Waals surface area contributed by atoms with Crippen LogP contribution in [0.1, 0.15) is 36.4 Å². The molecule has 0 atom stereocenters. The van der Waals surface area contributed by atoms with Crippen molar-refractivity contribution in [1.29, 1.82) is 0 Å². The van der Waals surface area contributed by atoms with E-state index in [1.54, 1.807) is 4.68 Å². The number of carbonyl (C=O) groups excluding carboxylic acids is 1. The van der Waals surface area contributed by atoms with Crippen LogP contribution in [0.4, 0.5) is 0 Å². The summed E-state index contributed by atoms with van der Waals surface area (Å²) in [7, 11) is -3.68. The molecule has 132 valence electrons. The van der Waals surface area contributed by atoms with Crippen LogP contribution in [0, 0.1) is 20.8 Å². The molecule has 0 spiro atoms. The van der Waals surface area contributed by atoms with E-state index >= 15 is 0 Å². The number of primary amides is 1. The van der Waals surface area contributed by atoms with Gasteiger partial charge in [-0.25, -0.2) is 18.1 Å². The molecule has 2 N–H and O–H groups in total. The molecule has 24 heavy (non-hydrogen) atoms. The molecular formula is C16H24N4O3S. The number of amides is 1. The van der Waals surface area contributed by atoms with Gasteiger partial charge in [0.2, 0.25) is 16.2 Å². The molecule has 0 aliphatic heterocycles. The molecular weight excluding hydrogens is 328 g/mol. The molecule has 0 unspecified atom stereocenters. The quantitative estimate of drug-likeness (QED) is 0.843. The lowest BCUT2D eigenvalue weighted by molar-refractivity contribution is -0.106. The van der Waals surface area contributed by atoms with E-state index in [4.69, 9.17) is 4.79 Å². The molecule has 1 aromatic carbocycles. The van der Waals surface area contributed by atoms with Crippen molar-refractivity contribution in [3.8, 4) is 0 Å². The Hall–Kier alpha value is -2.22. The lowest BCUT2D eigenvalue weighted by Crippen LogP contribution is -2.09. The summed E-state index contributed by atoms with van der Waals surface area (Å²) in [5, 5.41) is 4.07. The Morgan fingerprint density at radius 2 is 1.67 bits per heavy atom. The molecule has 0 bridgehead atoms. The van der Waals surface area contributed by atoms with Gasteiger partial charge in [-0.05, 0) is 38.8 Å². The molecule has 0 fully saturated rings. The monoisotopic (exact) mass is 352 g/mol. The summed E-state index contributed by atoms with van der Waals surface area (Å²) in [5.74, 6) is 0.693. The van der Waals surface area contributed by atoms with Crippen LogP contribution in [-0.2, 0) is 27.6 Å². The second kappa shape index (κ2) is 8.05. The number of aryl methyl sites for hydroxylation is 5. The number of rotatable bonds is 4. The maximum Gasteiger partial charge on any atom is 0.271 e. The van der Waals surface area contributed by atoms with Gasteiger partial charge in [-0.2, -0.15) is 0 Å². The van der Waals surface area contributed by atoms with Crippen molar-refractivity contribution >= 4 is 16.2 Å². The number of hydrogen-bond donors (Lipinski definition) is 1.